The number of hydrogen-bond acceptors (Lipinski definition) is 4. The van der Waals surface area contributed by atoms with Crippen molar-refractivity contribution >= 4 is 29.1 Å². The fraction of sp³-hybridized carbons (Fsp3) is 0.280. The zero-order valence-electron chi connectivity index (χ0n) is 18.5. The number of nitrogens with zero attached hydrogens (tertiary/aromatic N) is 6. The predicted molar refractivity (Wildman–Crippen MR) is 130 cm³/mol. The van der Waals surface area contributed by atoms with Crippen molar-refractivity contribution in [1.29, 1.82) is 0 Å². The molecule has 9 heteroatoms. The molecule has 2 unspecified atom stereocenters. The number of hydrogen-bond donors (Lipinski definition) is 0. The summed E-state index contributed by atoms with van der Waals surface area (Å²) >= 11 is 12.8. The fourth-order valence-electron chi connectivity index (χ4n) is 5.46. The minimum absolute atomic E-state index is 0.0600. The quantitative estimate of drug-likeness (QED) is 0.390. The van der Waals surface area contributed by atoms with Crippen molar-refractivity contribution in [2.45, 2.75) is 37.8 Å². The van der Waals surface area contributed by atoms with Crippen LogP contribution in [-0.4, -0.2) is 41.4 Å². The predicted octanol–water partition coefficient (Wildman–Crippen LogP) is 5.27. The highest BCUT2D eigenvalue weighted by Crippen LogP contribution is 2.45. The highest BCUT2D eigenvalue weighted by molar-refractivity contribution is 6.34. The first-order valence-electron chi connectivity index (χ1n) is 11.3. The lowest BCUT2D eigenvalue weighted by Gasteiger charge is -2.45. The average molecular weight is 493 g/mol. The maximum atomic E-state index is 13.9. The van der Waals surface area contributed by atoms with Gasteiger partial charge in [-0.1, -0.05) is 35.3 Å². The highest BCUT2D eigenvalue weighted by atomic mass is 35.5. The second-order valence-corrected chi connectivity index (χ2v) is 9.74. The van der Waals surface area contributed by atoms with E-state index in [2.05, 4.69) is 16.3 Å². The Morgan fingerprint density at radius 3 is 2.68 bits per heavy atom. The van der Waals surface area contributed by atoms with Gasteiger partial charge in [-0.3, -0.25) is 14.0 Å². The van der Waals surface area contributed by atoms with Crippen molar-refractivity contribution in [1.82, 2.24) is 29.4 Å². The molecule has 1 fully saturated rings. The molecule has 2 aromatic heterocycles. The minimum atomic E-state index is -0.0798. The van der Waals surface area contributed by atoms with Crippen LogP contribution in [0.1, 0.15) is 46.9 Å². The lowest BCUT2D eigenvalue weighted by molar-refractivity contribution is 0.0392. The Hall–Kier alpha value is -3.16. The van der Waals surface area contributed by atoms with Crippen LogP contribution in [0, 0.1) is 0 Å². The monoisotopic (exact) mass is 492 g/mol. The van der Waals surface area contributed by atoms with Crippen molar-refractivity contribution < 1.29 is 4.79 Å². The van der Waals surface area contributed by atoms with Crippen molar-refractivity contribution in [3.8, 4) is 16.9 Å². The molecule has 1 saturated heterocycles. The van der Waals surface area contributed by atoms with E-state index >= 15 is 0 Å². The molecule has 2 bridgehead atoms. The third-order valence-corrected chi connectivity index (χ3v) is 7.47. The number of carbonyl (C=O) groups is 1. The molecule has 4 aromatic rings. The molecule has 2 aliphatic heterocycles. The second kappa shape index (κ2) is 8.25. The van der Waals surface area contributed by atoms with Gasteiger partial charge in [0.05, 0.1) is 28.0 Å². The summed E-state index contributed by atoms with van der Waals surface area (Å²) in [5.41, 5.74) is 5.60. The third-order valence-electron chi connectivity index (χ3n) is 6.91. The lowest BCUT2D eigenvalue weighted by atomic mass is 9.81. The molecule has 1 amide bonds. The number of aromatic nitrogens is 5. The summed E-state index contributed by atoms with van der Waals surface area (Å²) in [7, 11) is 1.96. The summed E-state index contributed by atoms with van der Waals surface area (Å²) in [6, 6.07) is 13.3. The Labute approximate surface area is 206 Å². The van der Waals surface area contributed by atoms with E-state index in [1.165, 1.54) is 5.56 Å². The zero-order valence-corrected chi connectivity index (χ0v) is 20.0. The molecule has 0 N–H and O–H groups in total. The summed E-state index contributed by atoms with van der Waals surface area (Å²) in [5.74, 6) is -0.0600. The van der Waals surface area contributed by atoms with Crippen molar-refractivity contribution in [3.63, 3.8) is 0 Å². The second-order valence-electron chi connectivity index (χ2n) is 8.90. The number of benzene rings is 2. The zero-order chi connectivity index (χ0) is 23.4. The molecular formula is C25H22Cl2N6O. The van der Waals surface area contributed by atoms with Crippen LogP contribution in [-0.2, 0) is 13.5 Å². The van der Waals surface area contributed by atoms with Crippen LogP contribution < -0.4 is 0 Å². The standard InChI is InChI=1S/C25H22Cl2N6O/c1-31-24(15-4-2-5-16(26)10-15)20-12-18-6-3-7-22(23(20)30-31)33(18)25(34)19-11-17(8-9-21(19)27)32-13-28-29-14-32/h2,4-5,8-11,13-14,18,22H,3,6-7,12H2,1H3. The van der Waals surface area contributed by atoms with Gasteiger partial charge in [0.1, 0.15) is 12.7 Å². The van der Waals surface area contributed by atoms with Gasteiger partial charge in [0.25, 0.3) is 5.91 Å². The molecule has 2 aromatic carbocycles. The Morgan fingerprint density at radius 1 is 1.06 bits per heavy atom. The van der Waals surface area contributed by atoms with E-state index in [4.69, 9.17) is 28.3 Å². The van der Waals surface area contributed by atoms with Gasteiger partial charge in [-0.05, 0) is 56.0 Å². The van der Waals surface area contributed by atoms with Crippen LogP contribution in [0.2, 0.25) is 10.0 Å². The van der Waals surface area contributed by atoms with E-state index in [-0.39, 0.29) is 18.0 Å². The largest absolute Gasteiger partial charge is 0.327 e. The Bertz CT molecular complexity index is 1400. The number of carbonyl (C=O) groups excluding carboxylic acids is 1. The number of aryl methyl sites for hydroxylation is 1. The van der Waals surface area contributed by atoms with Gasteiger partial charge < -0.3 is 4.90 Å². The van der Waals surface area contributed by atoms with Gasteiger partial charge in [0.2, 0.25) is 0 Å². The maximum Gasteiger partial charge on any atom is 0.256 e. The van der Waals surface area contributed by atoms with Crippen LogP contribution in [0.5, 0.6) is 0 Å². The topological polar surface area (TPSA) is 68.8 Å². The van der Waals surface area contributed by atoms with Crippen LogP contribution in [0.4, 0.5) is 0 Å². The molecule has 34 heavy (non-hydrogen) atoms. The molecular weight excluding hydrogens is 471 g/mol. The van der Waals surface area contributed by atoms with Crippen LogP contribution in [0.25, 0.3) is 16.9 Å². The van der Waals surface area contributed by atoms with Crippen molar-refractivity contribution in [2.75, 3.05) is 0 Å². The Balaban J connectivity index is 1.41. The van der Waals surface area contributed by atoms with E-state index in [0.29, 0.717) is 15.6 Å². The molecule has 172 valence electrons. The first-order valence-corrected chi connectivity index (χ1v) is 12.1. The van der Waals surface area contributed by atoms with Gasteiger partial charge in [-0.2, -0.15) is 5.10 Å². The molecule has 2 aliphatic rings. The van der Waals surface area contributed by atoms with Crippen molar-refractivity contribution in [3.05, 3.63) is 82.0 Å². The van der Waals surface area contributed by atoms with E-state index in [1.54, 1.807) is 23.3 Å². The van der Waals surface area contributed by atoms with Gasteiger partial charge in [-0.15, -0.1) is 10.2 Å². The molecule has 0 saturated carbocycles. The molecule has 4 heterocycles. The van der Waals surface area contributed by atoms with E-state index in [0.717, 1.165) is 48.3 Å². The summed E-state index contributed by atoms with van der Waals surface area (Å²) in [6.07, 6.45) is 6.86. The number of piperidine rings is 1. The van der Waals surface area contributed by atoms with Gasteiger partial charge in [0.15, 0.2) is 0 Å². The Kier molecular flexibility index (Phi) is 5.19. The molecule has 2 atom stereocenters. The number of fused-ring (bicyclic) bond motifs is 4. The molecule has 0 spiro atoms. The van der Waals surface area contributed by atoms with Gasteiger partial charge in [-0.25, -0.2) is 0 Å². The van der Waals surface area contributed by atoms with E-state index in [1.807, 2.05) is 47.0 Å². The first kappa shape index (κ1) is 21.4. The highest BCUT2D eigenvalue weighted by Gasteiger charge is 2.43. The average Bonchev–Trinajstić information content (AvgIpc) is 3.47. The number of halogens is 2. The first-order chi connectivity index (χ1) is 16.5. The van der Waals surface area contributed by atoms with Crippen LogP contribution >= 0.6 is 23.2 Å². The van der Waals surface area contributed by atoms with E-state index < -0.39 is 0 Å². The molecule has 0 aliphatic carbocycles. The summed E-state index contributed by atoms with van der Waals surface area (Å²) in [6.45, 7) is 0. The summed E-state index contributed by atoms with van der Waals surface area (Å²) < 4.78 is 3.69. The van der Waals surface area contributed by atoms with Crippen molar-refractivity contribution in [2.24, 2.45) is 7.05 Å². The van der Waals surface area contributed by atoms with Crippen LogP contribution in [0.3, 0.4) is 0 Å². The van der Waals surface area contributed by atoms with Crippen LogP contribution in [0.15, 0.2) is 55.1 Å². The fourth-order valence-corrected chi connectivity index (χ4v) is 5.85. The summed E-state index contributed by atoms with van der Waals surface area (Å²) in [4.78, 5) is 15.9. The normalized spacial score (nSPS) is 19.2. The SMILES string of the molecule is Cn1nc2c(c1-c1cccc(Cl)c1)CC1CCCC2N1C(=O)c1cc(-n2cnnc2)ccc1Cl. The smallest absolute Gasteiger partial charge is 0.256 e. The van der Waals surface area contributed by atoms with Gasteiger partial charge >= 0.3 is 0 Å². The molecule has 7 nitrogen and oxygen atoms in total. The minimum Gasteiger partial charge on any atom is -0.327 e. The molecule has 6 rings (SSSR count). The Morgan fingerprint density at radius 2 is 1.88 bits per heavy atom. The van der Waals surface area contributed by atoms with Gasteiger partial charge in [0, 0.05) is 34.9 Å². The molecule has 0 radical (unpaired) electrons. The lowest BCUT2D eigenvalue weighted by Crippen LogP contribution is -2.50. The summed E-state index contributed by atoms with van der Waals surface area (Å²) in [5, 5.41) is 13.8. The van der Waals surface area contributed by atoms with E-state index in [9.17, 15) is 4.79 Å². The number of amides is 1. The number of rotatable bonds is 3. The maximum absolute atomic E-state index is 13.9. The third kappa shape index (κ3) is 3.42.